The summed E-state index contributed by atoms with van der Waals surface area (Å²) in [6.07, 6.45) is 0. The summed E-state index contributed by atoms with van der Waals surface area (Å²) in [7, 11) is 1.47. The molecule has 5 heteroatoms. The molecule has 0 saturated heterocycles. The molecule has 4 rings (SSSR count). The van der Waals surface area contributed by atoms with Crippen LogP contribution in [0, 0.1) is 11.6 Å². The Morgan fingerprint density at radius 1 is 0.808 bits per heavy atom. The van der Waals surface area contributed by atoms with Crippen LogP contribution in [-0.4, -0.2) is 18.7 Å². The van der Waals surface area contributed by atoms with Gasteiger partial charge in [-0.3, -0.25) is 9.59 Å². The van der Waals surface area contributed by atoms with Gasteiger partial charge in [-0.05, 0) is 35.4 Å². The molecule has 0 saturated carbocycles. The van der Waals surface area contributed by atoms with Crippen LogP contribution in [0.4, 0.5) is 14.5 Å². The minimum absolute atomic E-state index is 0.124. The van der Waals surface area contributed by atoms with Gasteiger partial charge in [-0.1, -0.05) is 30.3 Å². The quantitative estimate of drug-likeness (QED) is 0.536. The number of anilines is 1. The molecule has 1 aliphatic carbocycles. The zero-order valence-electron chi connectivity index (χ0n) is 13.8. The fourth-order valence-electron chi connectivity index (χ4n) is 3.17. The number of halogens is 2. The SMILES string of the molecule is CN(C(=O)c1ccc2c(c1)C(=O)c1ccccc1-2)c1ccc(F)c(F)c1. The molecule has 0 fully saturated rings. The summed E-state index contributed by atoms with van der Waals surface area (Å²) in [6, 6.07) is 15.5. The molecular weight excluding hydrogens is 336 g/mol. The zero-order chi connectivity index (χ0) is 18.4. The van der Waals surface area contributed by atoms with Gasteiger partial charge < -0.3 is 4.90 Å². The van der Waals surface area contributed by atoms with E-state index in [4.69, 9.17) is 0 Å². The molecule has 0 aromatic heterocycles. The van der Waals surface area contributed by atoms with Crippen LogP contribution in [0.3, 0.4) is 0 Å². The van der Waals surface area contributed by atoms with Crippen molar-refractivity contribution in [1.29, 1.82) is 0 Å². The van der Waals surface area contributed by atoms with E-state index in [-0.39, 0.29) is 11.5 Å². The highest BCUT2D eigenvalue weighted by atomic mass is 19.2. The summed E-state index contributed by atoms with van der Waals surface area (Å²) < 4.78 is 26.5. The number of hydrogen-bond donors (Lipinski definition) is 0. The number of benzene rings is 3. The second-order valence-electron chi connectivity index (χ2n) is 6.10. The number of amides is 1. The Balaban J connectivity index is 1.70. The molecule has 0 heterocycles. The second-order valence-corrected chi connectivity index (χ2v) is 6.10. The molecule has 0 atom stereocenters. The lowest BCUT2D eigenvalue weighted by atomic mass is 10.0. The third-order valence-corrected chi connectivity index (χ3v) is 4.57. The van der Waals surface area contributed by atoms with E-state index in [9.17, 15) is 18.4 Å². The molecule has 3 aromatic rings. The fourth-order valence-corrected chi connectivity index (χ4v) is 3.17. The highest BCUT2D eigenvalue weighted by molar-refractivity contribution is 6.22. The fraction of sp³-hybridized carbons (Fsp3) is 0.0476. The Morgan fingerprint density at radius 2 is 1.50 bits per heavy atom. The Morgan fingerprint density at radius 3 is 2.23 bits per heavy atom. The van der Waals surface area contributed by atoms with E-state index in [0.717, 1.165) is 23.3 Å². The number of nitrogens with zero attached hydrogens (tertiary/aromatic N) is 1. The lowest BCUT2D eigenvalue weighted by Crippen LogP contribution is -2.26. The number of carbonyl (C=O) groups is 2. The van der Waals surface area contributed by atoms with Crippen molar-refractivity contribution < 1.29 is 18.4 Å². The van der Waals surface area contributed by atoms with Gasteiger partial charge in [0.2, 0.25) is 0 Å². The average molecular weight is 349 g/mol. The number of ketones is 1. The molecule has 0 aliphatic heterocycles. The van der Waals surface area contributed by atoms with Gasteiger partial charge in [-0.15, -0.1) is 0 Å². The number of rotatable bonds is 2. The van der Waals surface area contributed by atoms with Crippen LogP contribution in [-0.2, 0) is 0 Å². The standard InChI is InChI=1S/C21H13F2NO2/c1-24(13-7-9-18(22)19(23)11-13)21(26)12-6-8-15-14-4-2-3-5-16(14)20(25)17(15)10-12/h2-11H,1H3. The average Bonchev–Trinajstić information content (AvgIpc) is 2.95. The predicted octanol–water partition coefficient (Wildman–Crippen LogP) is 4.45. The van der Waals surface area contributed by atoms with Crippen LogP contribution in [0.25, 0.3) is 11.1 Å². The molecule has 0 unspecified atom stereocenters. The van der Waals surface area contributed by atoms with Crippen LogP contribution >= 0.6 is 0 Å². The van der Waals surface area contributed by atoms with Crippen LogP contribution in [0.15, 0.2) is 60.7 Å². The Labute approximate surface area is 148 Å². The van der Waals surface area contributed by atoms with Crippen molar-refractivity contribution in [3.05, 3.63) is 89.0 Å². The first-order chi connectivity index (χ1) is 12.5. The molecule has 0 radical (unpaired) electrons. The minimum Gasteiger partial charge on any atom is -0.311 e. The largest absolute Gasteiger partial charge is 0.311 e. The van der Waals surface area contributed by atoms with Crippen LogP contribution in [0.5, 0.6) is 0 Å². The first kappa shape index (κ1) is 16.1. The van der Waals surface area contributed by atoms with E-state index in [1.54, 1.807) is 30.3 Å². The van der Waals surface area contributed by atoms with Gasteiger partial charge in [-0.2, -0.15) is 0 Å². The maximum atomic E-state index is 13.4. The number of hydrogen-bond acceptors (Lipinski definition) is 2. The van der Waals surface area contributed by atoms with E-state index in [1.807, 2.05) is 12.1 Å². The van der Waals surface area contributed by atoms with E-state index in [2.05, 4.69) is 0 Å². The first-order valence-corrected chi connectivity index (χ1v) is 7.98. The van der Waals surface area contributed by atoms with Crippen LogP contribution in [0.1, 0.15) is 26.3 Å². The second kappa shape index (κ2) is 5.88. The summed E-state index contributed by atoms with van der Waals surface area (Å²) in [6.45, 7) is 0. The molecule has 0 N–H and O–H groups in total. The summed E-state index contributed by atoms with van der Waals surface area (Å²) >= 11 is 0. The van der Waals surface area contributed by atoms with Gasteiger partial charge in [0.25, 0.3) is 5.91 Å². The summed E-state index contributed by atoms with van der Waals surface area (Å²) in [5.74, 6) is -2.54. The summed E-state index contributed by atoms with van der Waals surface area (Å²) in [5, 5.41) is 0. The molecular formula is C21H13F2NO2. The molecule has 3 nitrogen and oxygen atoms in total. The Kier molecular flexibility index (Phi) is 3.65. The van der Waals surface area contributed by atoms with Gasteiger partial charge in [0, 0.05) is 35.5 Å². The highest BCUT2D eigenvalue weighted by Gasteiger charge is 2.27. The van der Waals surface area contributed by atoms with E-state index in [1.165, 1.54) is 18.0 Å². The molecule has 3 aromatic carbocycles. The van der Waals surface area contributed by atoms with Crippen molar-refractivity contribution in [2.45, 2.75) is 0 Å². The Bertz CT molecular complexity index is 1080. The van der Waals surface area contributed by atoms with E-state index in [0.29, 0.717) is 16.7 Å². The third-order valence-electron chi connectivity index (χ3n) is 4.57. The highest BCUT2D eigenvalue weighted by Crippen LogP contribution is 2.37. The van der Waals surface area contributed by atoms with E-state index >= 15 is 0 Å². The minimum atomic E-state index is -1.03. The van der Waals surface area contributed by atoms with Crippen LogP contribution in [0.2, 0.25) is 0 Å². The lowest BCUT2D eigenvalue weighted by molar-refractivity contribution is 0.0993. The number of carbonyl (C=O) groups excluding carboxylic acids is 2. The van der Waals surface area contributed by atoms with Crippen molar-refractivity contribution in [2.24, 2.45) is 0 Å². The molecule has 26 heavy (non-hydrogen) atoms. The normalized spacial score (nSPS) is 11.9. The van der Waals surface area contributed by atoms with Crippen molar-refractivity contribution in [3.63, 3.8) is 0 Å². The first-order valence-electron chi connectivity index (χ1n) is 7.98. The van der Waals surface area contributed by atoms with Gasteiger partial charge >= 0.3 is 0 Å². The number of fused-ring (bicyclic) bond motifs is 3. The summed E-state index contributed by atoms with van der Waals surface area (Å²) in [4.78, 5) is 26.5. The maximum Gasteiger partial charge on any atom is 0.258 e. The predicted molar refractivity (Wildman–Crippen MR) is 94.4 cm³/mol. The molecule has 0 spiro atoms. The van der Waals surface area contributed by atoms with Crippen molar-refractivity contribution in [2.75, 3.05) is 11.9 Å². The van der Waals surface area contributed by atoms with Gasteiger partial charge in [0.15, 0.2) is 17.4 Å². The zero-order valence-corrected chi connectivity index (χ0v) is 13.8. The molecule has 1 aliphatic rings. The molecule has 0 bridgehead atoms. The van der Waals surface area contributed by atoms with Crippen molar-refractivity contribution in [3.8, 4) is 11.1 Å². The monoisotopic (exact) mass is 349 g/mol. The molecule has 1 amide bonds. The third kappa shape index (κ3) is 2.40. The smallest absolute Gasteiger partial charge is 0.258 e. The van der Waals surface area contributed by atoms with Crippen molar-refractivity contribution >= 4 is 17.4 Å². The maximum absolute atomic E-state index is 13.4. The lowest BCUT2D eigenvalue weighted by Gasteiger charge is -2.18. The van der Waals surface area contributed by atoms with Gasteiger partial charge in [0.1, 0.15) is 0 Å². The summed E-state index contributed by atoms with van der Waals surface area (Å²) in [5.41, 5.74) is 3.25. The topological polar surface area (TPSA) is 37.4 Å². The van der Waals surface area contributed by atoms with Crippen molar-refractivity contribution in [1.82, 2.24) is 0 Å². The Hall–Kier alpha value is -3.34. The van der Waals surface area contributed by atoms with Crippen LogP contribution < -0.4 is 4.90 Å². The van der Waals surface area contributed by atoms with E-state index < -0.39 is 17.5 Å². The molecule has 128 valence electrons. The van der Waals surface area contributed by atoms with Gasteiger partial charge in [-0.25, -0.2) is 8.78 Å². The van der Waals surface area contributed by atoms with Gasteiger partial charge in [0.05, 0.1) is 0 Å².